The number of fused-ring (bicyclic) bond motifs is 2. The summed E-state index contributed by atoms with van der Waals surface area (Å²) in [5.41, 5.74) is 3.90. The summed E-state index contributed by atoms with van der Waals surface area (Å²) in [6.45, 7) is 7.06. The number of amides is 1. The summed E-state index contributed by atoms with van der Waals surface area (Å²) in [4.78, 5) is 24.4. The number of carbonyl (C=O) groups excluding carboxylic acids is 1. The van der Waals surface area contributed by atoms with Crippen LogP contribution in [-0.4, -0.2) is 67.4 Å². The molecule has 194 valence electrons. The molecule has 6 rings (SSSR count). The number of pyridine rings is 1. The van der Waals surface area contributed by atoms with Crippen LogP contribution in [0.25, 0.3) is 27.7 Å². The van der Waals surface area contributed by atoms with Crippen LogP contribution in [0.1, 0.15) is 24.2 Å². The number of piperazine rings is 1. The Kier molecular flexibility index (Phi) is 6.00. The van der Waals surface area contributed by atoms with Crippen LogP contribution in [0.5, 0.6) is 5.88 Å². The van der Waals surface area contributed by atoms with Gasteiger partial charge in [-0.05, 0) is 61.9 Å². The highest BCUT2D eigenvalue weighted by Gasteiger charge is 2.25. The maximum Gasteiger partial charge on any atom is 0.256 e. The quantitative estimate of drug-likeness (QED) is 0.300. The molecule has 0 atom stereocenters. The molecular formula is C29H29FN6O2. The number of nitrogens with one attached hydrogen (secondary N) is 2. The molecule has 1 fully saturated rings. The maximum absolute atomic E-state index is 15.1. The van der Waals surface area contributed by atoms with Crippen molar-refractivity contribution in [1.29, 1.82) is 0 Å². The van der Waals surface area contributed by atoms with E-state index in [0.29, 0.717) is 36.2 Å². The number of aromatic nitrogens is 3. The Morgan fingerprint density at radius 3 is 2.66 bits per heavy atom. The Labute approximate surface area is 219 Å². The molecule has 3 aromatic heterocycles. The molecule has 0 saturated carbocycles. The third-order valence-corrected chi connectivity index (χ3v) is 7.33. The average Bonchev–Trinajstić information content (AvgIpc) is 3.56. The first-order chi connectivity index (χ1) is 18.4. The predicted octanol–water partition coefficient (Wildman–Crippen LogP) is 5.24. The zero-order valence-corrected chi connectivity index (χ0v) is 21.3. The Morgan fingerprint density at radius 1 is 1.08 bits per heavy atom. The van der Waals surface area contributed by atoms with Gasteiger partial charge in [-0.15, -0.1) is 0 Å². The van der Waals surface area contributed by atoms with E-state index < -0.39 is 5.82 Å². The lowest BCUT2D eigenvalue weighted by Gasteiger charge is -2.37. The highest BCUT2D eigenvalue weighted by Crippen LogP contribution is 2.32. The standard InChI is InChI=1S/C29H29FN6O2/c1-18(2)34-11-13-35(14-12-34)29(38)23-6-4-21(16-24(23)30)33-25-7-8-26(36-10-9-31-27(25)36)19-3-5-22-20(15-19)17-32-28(22)37/h3-10,15-18,32-33,37H,11-14H2,1-2H3. The van der Waals surface area contributed by atoms with Crippen molar-refractivity contribution in [3.05, 3.63) is 78.5 Å². The molecule has 0 bridgehead atoms. The van der Waals surface area contributed by atoms with E-state index >= 15 is 4.39 Å². The SMILES string of the molecule is CC(C)N1CCN(C(=O)c2ccc(Nc3ccc(-c4ccc5c(O)[nH]cc5c4)n4ccnc34)cc2F)CC1. The molecule has 9 heteroatoms. The molecule has 0 radical (unpaired) electrons. The van der Waals surface area contributed by atoms with Crippen molar-refractivity contribution in [1.82, 2.24) is 24.2 Å². The summed E-state index contributed by atoms with van der Waals surface area (Å²) >= 11 is 0. The Balaban J connectivity index is 1.23. The number of aromatic hydroxyl groups is 1. The molecule has 3 N–H and O–H groups in total. The minimum atomic E-state index is -0.551. The van der Waals surface area contributed by atoms with E-state index in [9.17, 15) is 9.90 Å². The van der Waals surface area contributed by atoms with Gasteiger partial charge in [-0.2, -0.15) is 0 Å². The van der Waals surface area contributed by atoms with E-state index in [4.69, 9.17) is 0 Å². The Hall–Kier alpha value is -4.37. The van der Waals surface area contributed by atoms with Crippen LogP contribution in [0.2, 0.25) is 0 Å². The largest absolute Gasteiger partial charge is 0.494 e. The summed E-state index contributed by atoms with van der Waals surface area (Å²) < 4.78 is 17.1. The molecule has 4 heterocycles. The average molecular weight is 513 g/mol. The first-order valence-corrected chi connectivity index (χ1v) is 12.8. The van der Waals surface area contributed by atoms with Crippen LogP contribution in [0.4, 0.5) is 15.8 Å². The first-order valence-electron chi connectivity index (χ1n) is 12.8. The second kappa shape index (κ2) is 9.50. The van der Waals surface area contributed by atoms with Gasteiger partial charge >= 0.3 is 0 Å². The summed E-state index contributed by atoms with van der Waals surface area (Å²) in [6, 6.07) is 14.8. The van der Waals surface area contributed by atoms with E-state index in [0.717, 1.165) is 35.1 Å². The highest BCUT2D eigenvalue weighted by atomic mass is 19.1. The fraction of sp³-hybridized carbons (Fsp3) is 0.241. The molecule has 2 aromatic carbocycles. The number of hydrogen-bond acceptors (Lipinski definition) is 5. The number of nitrogens with zero attached hydrogens (tertiary/aromatic N) is 4. The fourth-order valence-corrected chi connectivity index (χ4v) is 5.16. The van der Waals surface area contributed by atoms with E-state index in [1.165, 1.54) is 6.07 Å². The number of halogens is 1. The van der Waals surface area contributed by atoms with Gasteiger partial charge in [0.2, 0.25) is 0 Å². The second-order valence-electron chi connectivity index (χ2n) is 9.93. The van der Waals surface area contributed by atoms with Crippen molar-refractivity contribution >= 4 is 33.7 Å². The molecule has 1 saturated heterocycles. The van der Waals surface area contributed by atoms with Gasteiger partial charge in [0.1, 0.15) is 5.82 Å². The van der Waals surface area contributed by atoms with Crippen molar-refractivity contribution in [2.45, 2.75) is 19.9 Å². The first kappa shape index (κ1) is 24.0. The Bertz CT molecular complexity index is 1650. The van der Waals surface area contributed by atoms with Gasteiger partial charge in [0.15, 0.2) is 11.5 Å². The van der Waals surface area contributed by atoms with Gasteiger partial charge in [0, 0.05) is 67.3 Å². The van der Waals surface area contributed by atoms with E-state index in [1.807, 2.05) is 40.9 Å². The topological polar surface area (TPSA) is 88.9 Å². The van der Waals surface area contributed by atoms with Crippen LogP contribution in [0.15, 0.2) is 67.1 Å². The molecule has 1 amide bonds. The molecule has 5 aromatic rings. The van der Waals surface area contributed by atoms with Gasteiger partial charge < -0.3 is 20.3 Å². The lowest BCUT2D eigenvalue weighted by atomic mass is 10.1. The van der Waals surface area contributed by atoms with Gasteiger partial charge in [-0.1, -0.05) is 6.07 Å². The van der Waals surface area contributed by atoms with Gasteiger partial charge in [-0.25, -0.2) is 9.37 Å². The van der Waals surface area contributed by atoms with Crippen LogP contribution in [-0.2, 0) is 0 Å². The summed E-state index contributed by atoms with van der Waals surface area (Å²) in [6.07, 6.45) is 5.35. The molecule has 8 nitrogen and oxygen atoms in total. The maximum atomic E-state index is 15.1. The van der Waals surface area contributed by atoms with Gasteiger partial charge in [0.25, 0.3) is 5.91 Å². The molecular weight excluding hydrogens is 483 g/mol. The number of rotatable bonds is 5. The minimum absolute atomic E-state index is 0.0843. The lowest BCUT2D eigenvalue weighted by molar-refractivity contribution is 0.0591. The summed E-state index contributed by atoms with van der Waals surface area (Å²) in [5, 5.41) is 14.8. The fourth-order valence-electron chi connectivity index (χ4n) is 5.16. The van der Waals surface area contributed by atoms with E-state index in [2.05, 4.69) is 34.0 Å². The highest BCUT2D eigenvalue weighted by molar-refractivity contribution is 5.95. The molecule has 0 spiro atoms. The number of benzene rings is 2. The number of aromatic amines is 1. The third kappa shape index (κ3) is 4.24. The van der Waals surface area contributed by atoms with E-state index in [-0.39, 0.29) is 17.4 Å². The minimum Gasteiger partial charge on any atom is -0.494 e. The predicted molar refractivity (Wildman–Crippen MR) is 146 cm³/mol. The number of hydrogen-bond donors (Lipinski definition) is 3. The molecule has 38 heavy (non-hydrogen) atoms. The van der Waals surface area contributed by atoms with Crippen LogP contribution < -0.4 is 5.32 Å². The molecule has 0 aliphatic carbocycles. The van der Waals surface area contributed by atoms with E-state index in [1.54, 1.807) is 29.4 Å². The van der Waals surface area contributed by atoms with Crippen molar-refractivity contribution in [2.24, 2.45) is 0 Å². The third-order valence-electron chi connectivity index (χ3n) is 7.33. The number of imidazole rings is 1. The van der Waals surface area contributed by atoms with Crippen molar-refractivity contribution < 1.29 is 14.3 Å². The number of anilines is 2. The number of carbonyl (C=O) groups is 1. The normalized spacial score (nSPS) is 14.6. The van der Waals surface area contributed by atoms with Crippen molar-refractivity contribution in [3.63, 3.8) is 0 Å². The molecule has 0 unspecified atom stereocenters. The number of H-pyrrole nitrogens is 1. The zero-order chi connectivity index (χ0) is 26.4. The zero-order valence-electron chi connectivity index (χ0n) is 21.3. The molecule has 1 aliphatic rings. The second-order valence-corrected chi connectivity index (χ2v) is 9.93. The monoisotopic (exact) mass is 512 g/mol. The van der Waals surface area contributed by atoms with Crippen LogP contribution >= 0.6 is 0 Å². The smallest absolute Gasteiger partial charge is 0.256 e. The van der Waals surface area contributed by atoms with Crippen LogP contribution in [0, 0.1) is 5.82 Å². The van der Waals surface area contributed by atoms with Gasteiger partial charge in [-0.3, -0.25) is 14.1 Å². The van der Waals surface area contributed by atoms with Crippen LogP contribution in [0.3, 0.4) is 0 Å². The van der Waals surface area contributed by atoms with Crippen molar-refractivity contribution in [2.75, 3.05) is 31.5 Å². The summed E-state index contributed by atoms with van der Waals surface area (Å²) in [7, 11) is 0. The molecule has 1 aliphatic heterocycles. The summed E-state index contributed by atoms with van der Waals surface area (Å²) in [5.74, 6) is -0.678. The lowest BCUT2D eigenvalue weighted by Crippen LogP contribution is -2.50. The van der Waals surface area contributed by atoms with Gasteiger partial charge in [0.05, 0.1) is 16.9 Å². The Morgan fingerprint density at radius 2 is 1.89 bits per heavy atom. The van der Waals surface area contributed by atoms with Crippen molar-refractivity contribution in [3.8, 4) is 17.1 Å².